The number of rotatable bonds is 3. The molecule has 0 saturated carbocycles. The monoisotopic (exact) mass is 313 g/mol. The number of hydrogen-bond acceptors (Lipinski definition) is 3. The summed E-state index contributed by atoms with van der Waals surface area (Å²) >= 11 is 3.31. The van der Waals surface area contributed by atoms with Gasteiger partial charge in [0.05, 0.1) is 24.0 Å². The van der Waals surface area contributed by atoms with Gasteiger partial charge in [-0.15, -0.1) is 0 Å². The number of morpholine rings is 1. The molecule has 0 bridgehead atoms. The van der Waals surface area contributed by atoms with E-state index in [0.29, 0.717) is 12.2 Å². The van der Waals surface area contributed by atoms with Crippen molar-refractivity contribution in [1.29, 1.82) is 0 Å². The van der Waals surface area contributed by atoms with E-state index in [1.54, 1.807) is 6.07 Å². The molecule has 2 rings (SSSR count). The highest BCUT2D eigenvalue weighted by Crippen LogP contribution is 2.26. The van der Waals surface area contributed by atoms with Gasteiger partial charge in [0.25, 0.3) is 0 Å². The predicted octanol–water partition coefficient (Wildman–Crippen LogP) is 2.76. The van der Waals surface area contributed by atoms with Crippen LogP contribution in [0.5, 0.6) is 0 Å². The van der Waals surface area contributed by atoms with Crippen molar-refractivity contribution in [3.8, 4) is 0 Å². The first-order chi connectivity index (χ1) is 8.61. The number of halogens is 1. The van der Waals surface area contributed by atoms with Gasteiger partial charge in [-0.1, -0.05) is 22.9 Å². The highest BCUT2D eigenvalue weighted by molar-refractivity contribution is 9.10. The molecule has 1 saturated heterocycles. The van der Waals surface area contributed by atoms with Crippen LogP contribution in [0, 0.1) is 0 Å². The van der Waals surface area contributed by atoms with Gasteiger partial charge in [0, 0.05) is 17.6 Å². The molecule has 5 heteroatoms. The Labute approximate surface area is 115 Å². The minimum Gasteiger partial charge on any atom is -0.478 e. The number of hydrogen-bond donors (Lipinski definition) is 1. The molecule has 1 aliphatic heterocycles. The van der Waals surface area contributed by atoms with E-state index in [2.05, 4.69) is 27.8 Å². The number of benzene rings is 1. The Kier molecular flexibility index (Phi) is 4.24. The van der Waals surface area contributed by atoms with Gasteiger partial charge in [-0.2, -0.15) is 0 Å². The molecular weight excluding hydrogens is 298 g/mol. The Balaban J connectivity index is 2.29. The first kappa shape index (κ1) is 13.4. The maximum atomic E-state index is 11.3. The third-order valence-electron chi connectivity index (χ3n) is 3.12. The fraction of sp³-hybridized carbons (Fsp3) is 0.462. The van der Waals surface area contributed by atoms with E-state index >= 15 is 0 Å². The second-order valence-electron chi connectivity index (χ2n) is 4.31. The van der Waals surface area contributed by atoms with Crippen molar-refractivity contribution in [1.82, 2.24) is 0 Å². The smallest absolute Gasteiger partial charge is 0.337 e. The molecular formula is C13H16BrNO3. The van der Waals surface area contributed by atoms with Crippen LogP contribution in [0.2, 0.25) is 0 Å². The Morgan fingerprint density at radius 3 is 3.06 bits per heavy atom. The Morgan fingerprint density at radius 1 is 1.61 bits per heavy atom. The molecule has 1 atom stereocenters. The highest BCUT2D eigenvalue weighted by atomic mass is 79.9. The molecule has 98 valence electrons. The second kappa shape index (κ2) is 5.71. The minimum atomic E-state index is -0.897. The van der Waals surface area contributed by atoms with E-state index in [0.717, 1.165) is 29.7 Å². The molecule has 0 spiro atoms. The zero-order valence-electron chi connectivity index (χ0n) is 10.2. The summed E-state index contributed by atoms with van der Waals surface area (Å²) in [5.74, 6) is -0.897. The minimum absolute atomic E-state index is 0.184. The van der Waals surface area contributed by atoms with E-state index in [-0.39, 0.29) is 6.10 Å². The highest BCUT2D eigenvalue weighted by Gasteiger charge is 2.23. The van der Waals surface area contributed by atoms with Gasteiger partial charge in [0.15, 0.2) is 0 Å². The van der Waals surface area contributed by atoms with Crippen molar-refractivity contribution in [2.24, 2.45) is 0 Å². The fourth-order valence-corrected chi connectivity index (χ4v) is 2.50. The van der Waals surface area contributed by atoms with Crippen molar-refractivity contribution < 1.29 is 14.6 Å². The van der Waals surface area contributed by atoms with Gasteiger partial charge in [0.1, 0.15) is 0 Å². The summed E-state index contributed by atoms with van der Waals surface area (Å²) in [6, 6.07) is 5.37. The number of carboxylic acid groups (broad SMARTS) is 1. The Hall–Kier alpha value is -1.07. The standard InChI is InChI=1S/C13H16BrNO3/c1-2-10-8-15(5-6-18-10)12-4-3-9(14)7-11(12)13(16)17/h3-4,7,10H,2,5-6,8H2,1H3,(H,16,17). The lowest BCUT2D eigenvalue weighted by Gasteiger charge is -2.34. The topological polar surface area (TPSA) is 49.8 Å². The van der Waals surface area contributed by atoms with E-state index in [1.807, 2.05) is 12.1 Å². The van der Waals surface area contributed by atoms with Gasteiger partial charge >= 0.3 is 5.97 Å². The fourth-order valence-electron chi connectivity index (χ4n) is 2.14. The molecule has 0 aromatic heterocycles. The molecule has 1 aliphatic rings. The summed E-state index contributed by atoms with van der Waals surface area (Å²) < 4.78 is 6.39. The van der Waals surface area contributed by atoms with Crippen molar-refractivity contribution in [3.05, 3.63) is 28.2 Å². The first-order valence-corrected chi connectivity index (χ1v) is 6.80. The van der Waals surface area contributed by atoms with Crippen molar-refractivity contribution in [2.75, 3.05) is 24.6 Å². The lowest BCUT2D eigenvalue weighted by atomic mass is 10.1. The van der Waals surface area contributed by atoms with E-state index in [1.165, 1.54) is 0 Å². The summed E-state index contributed by atoms with van der Waals surface area (Å²) in [6.07, 6.45) is 1.12. The molecule has 0 radical (unpaired) electrons. The van der Waals surface area contributed by atoms with Crippen LogP contribution in [-0.2, 0) is 4.74 Å². The van der Waals surface area contributed by atoms with Crippen LogP contribution in [0.3, 0.4) is 0 Å². The van der Waals surface area contributed by atoms with E-state index in [4.69, 9.17) is 4.74 Å². The average molecular weight is 314 g/mol. The van der Waals surface area contributed by atoms with Crippen LogP contribution in [0.25, 0.3) is 0 Å². The SMILES string of the molecule is CCC1CN(c2ccc(Br)cc2C(=O)O)CCO1. The predicted molar refractivity (Wildman–Crippen MR) is 73.3 cm³/mol. The number of carbonyl (C=O) groups is 1. The molecule has 1 unspecified atom stereocenters. The van der Waals surface area contributed by atoms with Gasteiger partial charge in [-0.05, 0) is 24.6 Å². The Morgan fingerprint density at radius 2 is 2.39 bits per heavy atom. The molecule has 4 nitrogen and oxygen atoms in total. The van der Waals surface area contributed by atoms with E-state index in [9.17, 15) is 9.90 Å². The molecule has 1 aromatic rings. The van der Waals surface area contributed by atoms with Crippen LogP contribution in [0.4, 0.5) is 5.69 Å². The summed E-state index contributed by atoms with van der Waals surface area (Å²) in [6.45, 7) is 4.21. The number of carboxylic acids is 1. The Bertz CT molecular complexity index is 450. The lowest BCUT2D eigenvalue weighted by Crippen LogP contribution is -2.42. The normalized spacial score (nSPS) is 19.9. The first-order valence-electron chi connectivity index (χ1n) is 6.01. The molecule has 1 aromatic carbocycles. The van der Waals surface area contributed by atoms with Crippen LogP contribution in [0.15, 0.2) is 22.7 Å². The van der Waals surface area contributed by atoms with Crippen LogP contribution < -0.4 is 4.90 Å². The third kappa shape index (κ3) is 2.84. The third-order valence-corrected chi connectivity index (χ3v) is 3.62. The van der Waals surface area contributed by atoms with E-state index < -0.39 is 5.97 Å². The maximum Gasteiger partial charge on any atom is 0.337 e. The number of nitrogens with zero attached hydrogens (tertiary/aromatic N) is 1. The summed E-state index contributed by atoms with van der Waals surface area (Å²) in [5, 5.41) is 9.27. The summed E-state index contributed by atoms with van der Waals surface area (Å²) in [5.41, 5.74) is 1.11. The van der Waals surface area contributed by atoms with Gasteiger partial charge in [0.2, 0.25) is 0 Å². The molecule has 1 fully saturated rings. The van der Waals surface area contributed by atoms with Crippen LogP contribution >= 0.6 is 15.9 Å². The zero-order chi connectivity index (χ0) is 13.1. The van der Waals surface area contributed by atoms with Gasteiger partial charge in [-0.25, -0.2) is 4.79 Å². The van der Waals surface area contributed by atoms with Crippen molar-refractivity contribution >= 4 is 27.6 Å². The zero-order valence-corrected chi connectivity index (χ0v) is 11.8. The van der Waals surface area contributed by atoms with Gasteiger partial charge in [-0.3, -0.25) is 0 Å². The second-order valence-corrected chi connectivity index (χ2v) is 5.23. The van der Waals surface area contributed by atoms with Crippen molar-refractivity contribution in [2.45, 2.75) is 19.4 Å². The van der Waals surface area contributed by atoms with Crippen LogP contribution in [0.1, 0.15) is 23.7 Å². The number of ether oxygens (including phenoxy) is 1. The summed E-state index contributed by atoms with van der Waals surface area (Å²) in [7, 11) is 0. The number of aromatic carboxylic acids is 1. The summed E-state index contributed by atoms with van der Waals surface area (Å²) in [4.78, 5) is 13.4. The quantitative estimate of drug-likeness (QED) is 0.932. The molecule has 1 N–H and O–H groups in total. The number of anilines is 1. The largest absolute Gasteiger partial charge is 0.478 e. The maximum absolute atomic E-state index is 11.3. The molecule has 0 aliphatic carbocycles. The lowest BCUT2D eigenvalue weighted by molar-refractivity contribution is 0.0382. The average Bonchev–Trinajstić information content (AvgIpc) is 2.38. The molecule has 1 heterocycles. The van der Waals surface area contributed by atoms with Crippen LogP contribution in [-0.4, -0.2) is 36.9 Å². The molecule has 0 amide bonds. The molecule has 18 heavy (non-hydrogen) atoms. The van der Waals surface area contributed by atoms with Crippen molar-refractivity contribution in [3.63, 3.8) is 0 Å². The van der Waals surface area contributed by atoms with Gasteiger partial charge < -0.3 is 14.7 Å².